The summed E-state index contributed by atoms with van der Waals surface area (Å²) in [5.41, 5.74) is 3.74. The summed E-state index contributed by atoms with van der Waals surface area (Å²) in [5.74, 6) is -1.75. The molecular formula is C27H32N2O5. The summed E-state index contributed by atoms with van der Waals surface area (Å²) in [6.45, 7) is 3.71. The van der Waals surface area contributed by atoms with Crippen molar-refractivity contribution < 1.29 is 24.2 Å². The Hall–Kier alpha value is -3.35. The molecule has 2 amide bonds. The van der Waals surface area contributed by atoms with Crippen LogP contribution >= 0.6 is 0 Å². The van der Waals surface area contributed by atoms with E-state index in [1.165, 1.54) is 0 Å². The molecule has 2 atom stereocenters. The van der Waals surface area contributed by atoms with Gasteiger partial charge in [0, 0.05) is 23.9 Å². The van der Waals surface area contributed by atoms with Crippen molar-refractivity contribution in [3.63, 3.8) is 0 Å². The third-order valence-corrected chi connectivity index (χ3v) is 6.82. The van der Waals surface area contributed by atoms with E-state index in [2.05, 4.69) is 34.9 Å². The number of carbonyl (C=O) groups excluding carboxylic acids is 2. The number of benzene rings is 2. The molecule has 34 heavy (non-hydrogen) atoms. The topological polar surface area (TPSA) is 105 Å². The molecule has 1 fully saturated rings. The van der Waals surface area contributed by atoms with Crippen LogP contribution in [0.5, 0.6) is 0 Å². The molecule has 0 heterocycles. The highest BCUT2D eigenvalue weighted by Crippen LogP contribution is 2.44. The summed E-state index contributed by atoms with van der Waals surface area (Å²) in [6, 6.07) is 15.9. The summed E-state index contributed by atoms with van der Waals surface area (Å²) in [6.07, 6.45) is 2.43. The number of aliphatic carboxylic acids is 1. The molecule has 1 saturated carbocycles. The van der Waals surface area contributed by atoms with Crippen molar-refractivity contribution in [3.05, 3.63) is 59.7 Å². The van der Waals surface area contributed by atoms with Gasteiger partial charge in [0.1, 0.15) is 6.61 Å². The van der Waals surface area contributed by atoms with Gasteiger partial charge in [-0.1, -0.05) is 61.4 Å². The van der Waals surface area contributed by atoms with Crippen molar-refractivity contribution in [3.8, 4) is 11.1 Å². The quantitative estimate of drug-likeness (QED) is 0.561. The van der Waals surface area contributed by atoms with Crippen molar-refractivity contribution in [2.24, 2.45) is 5.92 Å². The zero-order valence-corrected chi connectivity index (χ0v) is 19.7. The van der Waals surface area contributed by atoms with Crippen LogP contribution in [0, 0.1) is 5.92 Å². The van der Waals surface area contributed by atoms with Gasteiger partial charge < -0.3 is 20.5 Å². The SMILES string of the molecule is CC(C)(CC(=O)N[C@@H]1CCCC[C@@H]1C(=O)O)NC(=O)OCC1c2ccccc2-c2ccccc21. The zero-order valence-electron chi connectivity index (χ0n) is 19.7. The maximum absolute atomic E-state index is 12.6. The number of nitrogens with one attached hydrogen (secondary N) is 2. The number of ether oxygens (including phenoxy) is 1. The van der Waals surface area contributed by atoms with E-state index in [1.807, 2.05) is 24.3 Å². The fourth-order valence-corrected chi connectivity index (χ4v) is 5.21. The van der Waals surface area contributed by atoms with Crippen LogP contribution in [-0.4, -0.2) is 41.3 Å². The second-order valence-corrected chi connectivity index (χ2v) is 9.91. The van der Waals surface area contributed by atoms with Gasteiger partial charge in [-0.05, 0) is 48.9 Å². The van der Waals surface area contributed by atoms with Gasteiger partial charge in [-0.3, -0.25) is 9.59 Å². The first-order valence-corrected chi connectivity index (χ1v) is 11.9. The molecule has 2 aliphatic rings. The van der Waals surface area contributed by atoms with Crippen LogP contribution in [0.2, 0.25) is 0 Å². The molecule has 0 radical (unpaired) electrons. The van der Waals surface area contributed by atoms with E-state index < -0.39 is 23.5 Å². The molecule has 0 spiro atoms. The van der Waals surface area contributed by atoms with Crippen molar-refractivity contribution in [1.29, 1.82) is 0 Å². The van der Waals surface area contributed by atoms with Crippen molar-refractivity contribution in [1.82, 2.24) is 10.6 Å². The lowest BCUT2D eigenvalue weighted by Gasteiger charge is -2.31. The van der Waals surface area contributed by atoms with Gasteiger partial charge in [-0.25, -0.2) is 4.79 Å². The molecule has 180 valence electrons. The summed E-state index contributed by atoms with van der Waals surface area (Å²) in [4.78, 5) is 36.7. The molecule has 7 heteroatoms. The largest absolute Gasteiger partial charge is 0.481 e. The monoisotopic (exact) mass is 464 g/mol. The first-order chi connectivity index (χ1) is 16.2. The highest BCUT2D eigenvalue weighted by atomic mass is 16.5. The molecule has 0 unspecified atom stereocenters. The van der Waals surface area contributed by atoms with E-state index in [0.29, 0.717) is 12.8 Å². The van der Waals surface area contributed by atoms with E-state index >= 15 is 0 Å². The van der Waals surface area contributed by atoms with Gasteiger partial charge >= 0.3 is 12.1 Å². The Morgan fingerprint density at radius 3 is 2.18 bits per heavy atom. The lowest BCUT2D eigenvalue weighted by atomic mass is 9.84. The molecule has 3 N–H and O–H groups in total. The Balaban J connectivity index is 1.32. The minimum absolute atomic E-state index is 0.0278. The van der Waals surface area contributed by atoms with E-state index in [-0.39, 0.29) is 30.9 Å². The van der Waals surface area contributed by atoms with Gasteiger partial charge in [-0.15, -0.1) is 0 Å². The number of carboxylic acid groups (broad SMARTS) is 1. The third kappa shape index (κ3) is 5.24. The normalized spacial score (nSPS) is 19.6. The summed E-state index contributed by atoms with van der Waals surface area (Å²) in [5, 5.41) is 15.1. The number of carbonyl (C=O) groups is 3. The molecule has 0 aliphatic heterocycles. The van der Waals surface area contributed by atoms with E-state index in [4.69, 9.17) is 4.74 Å². The van der Waals surface area contributed by atoms with Crippen molar-refractivity contribution in [2.75, 3.05) is 6.61 Å². The van der Waals surface area contributed by atoms with Crippen LogP contribution in [0.1, 0.15) is 63.0 Å². The lowest BCUT2D eigenvalue weighted by molar-refractivity contribution is -0.144. The van der Waals surface area contributed by atoms with Crippen LogP contribution < -0.4 is 10.6 Å². The Morgan fingerprint density at radius 1 is 0.971 bits per heavy atom. The predicted molar refractivity (Wildman–Crippen MR) is 128 cm³/mol. The molecule has 2 aromatic carbocycles. The Morgan fingerprint density at radius 2 is 1.56 bits per heavy atom. The minimum Gasteiger partial charge on any atom is -0.481 e. The average Bonchev–Trinajstić information content (AvgIpc) is 3.11. The Kier molecular flexibility index (Phi) is 6.91. The average molecular weight is 465 g/mol. The Labute approximate surface area is 199 Å². The van der Waals surface area contributed by atoms with Gasteiger partial charge in [0.05, 0.1) is 5.92 Å². The fraction of sp³-hybridized carbons (Fsp3) is 0.444. The summed E-state index contributed by atoms with van der Waals surface area (Å²) in [7, 11) is 0. The maximum Gasteiger partial charge on any atom is 0.407 e. The van der Waals surface area contributed by atoms with Gasteiger partial charge in [0.2, 0.25) is 5.91 Å². The Bertz CT molecular complexity index is 1030. The number of hydrogen-bond donors (Lipinski definition) is 3. The van der Waals surface area contributed by atoms with Crippen LogP contribution in [0.3, 0.4) is 0 Å². The minimum atomic E-state index is -0.874. The summed E-state index contributed by atoms with van der Waals surface area (Å²) < 4.78 is 5.60. The molecule has 2 aromatic rings. The number of alkyl carbamates (subject to hydrolysis) is 1. The zero-order chi connectivity index (χ0) is 24.3. The lowest BCUT2D eigenvalue weighted by Crippen LogP contribution is -2.50. The highest BCUT2D eigenvalue weighted by molar-refractivity contribution is 5.81. The fourth-order valence-electron chi connectivity index (χ4n) is 5.21. The number of carboxylic acids is 1. The second kappa shape index (κ2) is 9.87. The molecule has 0 aromatic heterocycles. The smallest absolute Gasteiger partial charge is 0.407 e. The van der Waals surface area contributed by atoms with Crippen LogP contribution in [0.4, 0.5) is 4.79 Å². The maximum atomic E-state index is 12.6. The second-order valence-electron chi connectivity index (χ2n) is 9.91. The molecule has 4 rings (SSSR count). The predicted octanol–water partition coefficient (Wildman–Crippen LogP) is 4.45. The standard InChI is InChI=1S/C27H32N2O5/c1-27(2,15-24(30)28-23-14-8-7-13-21(23)25(31)32)29-26(33)34-16-22-19-11-5-3-9-17(19)18-10-4-6-12-20(18)22/h3-6,9-12,21-23H,7-8,13-16H2,1-2H3,(H,28,30)(H,29,33)(H,31,32)/t21-,23+/m0/s1. The van der Waals surface area contributed by atoms with Crippen molar-refractivity contribution in [2.45, 2.75) is 63.5 Å². The van der Waals surface area contributed by atoms with Gasteiger partial charge in [0.15, 0.2) is 0 Å². The van der Waals surface area contributed by atoms with E-state index in [9.17, 15) is 19.5 Å². The van der Waals surface area contributed by atoms with Crippen LogP contribution in [0.15, 0.2) is 48.5 Å². The number of hydrogen-bond acceptors (Lipinski definition) is 4. The van der Waals surface area contributed by atoms with Crippen molar-refractivity contribution >= 4 is 18.0 Å². The van der Waals surface area contributed by atoms with Crippen LogP contribution in [0.25, 0.3) is 11.1 Å². The first-order valence-electron chi connectivity index (χ1n) is 11.9. The molecule has 7 nitrogen and oxygen atoms in total. The highest BCUT2D eigenvalue weighted by Gasteiger charge is 2.34. The number of fused-ring (bicyclic) bond motifs is 3. The van der Waals surface area contributed by atoms with Gasteiger partial charge in [-0.2, -0.15) is 0 Å². The van der Waals surface area contributed by atoms with E-state index in [0.717, 1.165) is 35.1 Å². The molecule has 2 aliphatic carbocycles. The molecule has 0 bridgehead atoms. The van der Waals surface area contributed by atoms with E-state index in [1.54, 1.807) is 13.8 Å². The molecular weight excluding hydrogens is 432 g/mol. The molecule has 0 saturated heterocycles. The number of amides is 2. The number of rotatable bonds is 7. The summed E-state index contributed by atoms with van der Waals surface area (Å²) >= 11 is 0. The third-order valence-electron chi connectivity index (χ3n) is 6.82. The van der Waals surface area contributed by atoms with Crippen LogP contribution in [-0.2, 0) is 14.3 Å². The van der Waals surface area contributed by atoms with Gasteiger partial charge in [0.25, 0.3) is 0 Å². The first kappa shape index (κ1) is 23.8.